The first-order chi connectivity index (χ1) is 8.24. The molecular weight excluding hydrogens is 252 g/mol. The molecule has 0 rings (SSSR count). The average Bonchev–Trinajstić information content (AvgIpc) is 2.30. The van der Waals surface area contributed by atoms with Crippen molar-refractivity contribution in [1.82, 2.24) is 10.2 Å². The first-order valence-electron chi connectivity index (χ1n) is 6.36. The van der Waals surface area contributed by atoms with Crippen molar-refractivity contribution in [1.29, 1.82) is 0 Å². The molecule has 0 aromatic carbocycles. The summed E-state index contributed by atoms with van der Waals surface area (Å²) in [6.07, 6.45) is 2.45. The van der Waals surface area contributed by atoms with E-state index in [-0.39, 0.29) is 0 Å². The molecule has 3 nitrogen and oxygen atoms in total. The van der Waals surface area contributed by atoms with Gasteiger partial charge >= 0.3 is 0 Å². The van der Waals surface area contributed by atoms with Gasteiger partial charge in [0.25, 0.3) is 0 Å². The highest BCUT2D eigenvalue weighted by Crippen LogP contribution is 2.04. The van der Waals surface area contributed by atoms with E-state index in [0.29, 0.717) is 6.61 Å². The van der Waals surface area contributed by atoms with Gasteiger partial charge in [-0.1, -0.05) is 37.8 Å². The first-order valence-corrected chi connectivity index (χ1v) is 7.75. The molecule has 102 valence electrons. The lowest BCUT2D eigenvalue weighted by molar-refractivity contribution is 0.204. The number of methoxy groups -OCH3 is 1. The van der Waals surface area contributed by atoms with Gasteiger partial charge in [0, 0.05) is 26.0 Å². The Hall–Kier alpha value is 0.160. The summed E-state index contributed by atoms with van der Waals surface area (Å²) in [6, 6.07) is 0. The molecule has 0 aromatic rings. The molecule has 0 saturated carbocycles. The fourth-order valence-corrected chi connectivity index (χ4v) is 2.63. The van der Waals surface area contributed by atoms with E-state index in [4.69, 9.17) is 17.0 Å². The normalized spacial score (nSPS) is 10.8. The minimum atomic E-state index is 0.707. The van der Waals surface area contributed by atoms with Gasteiger partial charge in [-0.3, -0.25) is 0 Å². The van der Waals surface area contributed by atoms with Gasteiger partial charge < -0.3 is 15.0 Å². The molecule has 0 bridgehead atoms. The van der Waals surface area contributed by atoms with E-state index in [1.807, 2.05) is 0 Å². The largest absolute Gasteiger partial charge is 0.383 e. The zero-order valence-corrected chi connectivity index (χ0v) is 13.0. The van der Waals surface area contributed by atoms with E-state index >= 15 is 0 Å². The van der Waals surface area contributed by atoms with Crippen LogP contribution in [0.5, 0.6) is 0 Å². The number of nitrogens with one attached hydrogen (secondary N) is 1. The van der Waals surface area contributed by atoms with Crippen LogP contribution in [0.15, 0.2) is 0 Å². The Morgan fingerprint density at radius 1 is 1.24 bits per heavy atom. The lowest BCUT2D eigenvalue weighted by Crippen LogP contribution is -2.29. The second-order valence-corrected chi connectivity index (χ2v) is 5.67. The van der Waals surface area contributed by atoms with Crippen LogP contribution in [0, 0.1) is 0 Å². The number of nitrogens with zero attached hydrogens (tertiary/aromatic N) is 1. The van der Waals surface area contributed by atoms with Crippen LogP contribution < -0.4 is 5.32 Å². The Morgan fingerprint density at radius 2 is 1.88 bits per heavy atom. The number of thioether (sulfide) groups is 1. The Balaban J connectivity index is 3.54. The maximum Gasteiger partial charge on any atom is 0.133 e. The van der Waals surface area contributed by atoms with Gasteiger partial charge in [0.15, 0.2) is 0 Å². The fraction of sp³-hybridized carbons (Fsp3) is 0.917. The smallest absolute Gasteiger partial charge is 0.133 e. The summed E-state index contributed by atoms with van der Waals surface area (Å²) in [5, 5.41) is 3.17. The van der Waals surface area contributed by atoms with Gasteiger partial charge in [-0.15, -0.1) is 0 Å². The van der Waals surface area contributed by atoms with Crippen LogP contribution in [0.4, 0.5) is 0 Å². The summed E-state index contributed by atoms with van der Waals surface area (Å²) in [4.78, 5) is 2.50. The van der Waals surface area contributed by atoms with Crippen LogP contribution in [0.3, 0.4) is 0 Å². The lowest BCUT2D eigenvalue weighted by atomic mass is 10.3. The summed E-state index contributed by atoms with van der Waals surface area (Å²) in [7, 11) is 1.70. The predicted octanol–water partition coefficient (Wildman–Crippen LogP) is 2.36. The van der Waals surface area contributed by atoms with Gasteiger partial charge in [0.2, 0.25) is 0 Å². The third-order valence-electron chi connectivity index (χ3n) is 2.30. The standard InChI is InChI=1S/C12H26N2OS2/c1-4-7-14(8-5-2)9-11-17-12(16)13-6-10-15-3/h4-11H2,1-3H3,(H,13,16). The minimum Gasteiger partial charge on any atom is -0.383 e. The number of hydrogen-bond acceptors (Lipinski definition) is 4. The summed E-state index contributed by atoms with van der Waals surface area (Å²) in [5.74, 6) is 1.07. The van der Waals surface area contributed by atoms with E-state index in [1.165, 1.54) is 25.9 Å². The molecule has 0 radical (unpaired) electrons. The Morgan fingerprint density at radius 3 is 2.41 bits per heavy atom. The molecule has 0 heterocycles. The van der Waals surface area contributed by atoms with Crippen LogP contribution in [0.1, 0.15) is 26.7 Å². The molecule has 0 aromatic heterocycles. The number of hydrogen-bond donors (Lipinski definition) is 1. The maximum absolute atomic E-state index is 5.23. The Kier molecular flexibility index (Phi) is 12.7. The fourth-order valence-electron chi connectivity index (χ4n) is 1.54. The quantitative estimate of drug-likeness (QED) is 0.488. The second kappa shape index (κ2) is 12.6. The number of rotatable bonds is 10. The van der Waals surface area contributed by atoms with Crippen LogP contribution in [0.2, 0.25) is 0 Å². The third kappa shape index (κ3) is 11.0. The van der Waals surface area contributed by atoms with Crippen molar-refractivity contribution in [2.45, 2.75) is 26.7 Å². The molecule has 0 atom stereocenters. The average molecular weight is 278 g/mol. The monoisotopic (exact) mass is 278 g/mol. The highest BCUT2D eigenvalue weighted by Gasteiger charge is 2.03. The van der Waals surface area contributed by atoms with Crippen LogP contribution >= 0.6 is 24.0 Å². The molecule has 0 unspecified atom stereocenters. The second-order valence-electron chi connectivity index (χ2n) is 3.90. The molecule has 0 amide bonds. The number of thiocarbonyl (C=S) groups is 1. The minimum absolute atomic E-state index is 0.707. The third-order valence-corrected chi connectivity index (χ3v) is 3.59. The maximum atomic E-state index is 5.23. The highest BCUT2D eigenvalue weighted by atomic mass is 32.2. The van der Waals surface area contributed by atoms with Crippen molar-refractivity contribution in [3.63, 3.8) is 0 Å². The van der Waals surface area contributed by atoms with Gasteiger partial charge in [-0.25, -0.2) is 0 Å². The van der Waals surface area contributed by atoms with Crippen LogP contribution in [-0.2, 0) is 4.74 Å². The molecular formula is C12H26N2OS2. The SMILES string of the molecule is CCCN(CCC)CCSC(=S)NCCOC. The van der Waals surface area contributed by atoms with Crippen molar-refractivity contribution in [2.24, 2.45) is 0 Å². The zero-order valence-electron chi connectivity index (χ0n) is 11.3. The summed E-state index contributed by atoms with van der Waals surface area (Å²) in [5.41, 5.74) is 0. The molecule has 0 aliphatic heterocycles. The number of ether oxygens (including phenoxy) is 1. The molecule has 0 spiro atoms. The van der Waals surface area contributed by atoms with Crippen molar-refractivity contribution >= 4 is 28.3 Å². The molecule has 0 fully saturated rings. The van der Waals surface area contributed by atoms with Gasteiger partial charge in [0.1, 0.15) is 4.32 Å². The lowest BCUT2D eigenvalue weighted by Gasteiger charge is -2.20. The van der Waals surface area contributed by atoms with Crippen LogP contribution in [-0.4, -0.2) is 54.9 Å². The van der Waals surface area contributed by atoms with E-state index in [1.54, 1.807) is 18.9 Å². The molecule has 5 heteroatoms. The zero-order chi connectivity index (χ0) is 12.9. The van der Waals surface area contributed by atoms with E-state index in [0.717, 1.165) is 23.2 Å². The van der Waals surface area contributed by atoms with E-state index < -0.39 is 0 Å². The summed E-state index contributed by atoms with van der Waals surface area (Å²) < 4.78 is 5.84. The predicted molar refractivity (Wildman–Crippen MR) is 82.0 cm³/mol. The molecule has 1 N–H and O–H groups in total. The Bertz CT molecular complexity index is 185. The molecule has 0 aliphatic carbocycles. The van der Waals surface area contributed by atoms with Crippen molar-refractivity contribution in [3.8, 4) is 0 Å². The van der Waals surface area contributed by atoms with Gasteiger partial charge in [0.05, 0.1) is 6.61 Å². The van der Waals surface area contributed by atoms with Gasteiger partial charge in [-0.05, 0) is 25.9 Å². The van der Waals surface area contributed by atoms with Crippen molar-refractivity contribution in [2.75, 3.05) is 45.6 Å². The van der Waals surface area contributed by atoms with E-state index in [2.05, 4.69) is 24.1 Å². The van der Waals surface area contributed by atoms with Crippen LogP contribution in [0.25, 0.3) is 0 Å². The van der Waals surface area contributed by atoms with Crippen molar-refractivity contribution < 1.29 is 4.74 Å². The topological polar surface area (TPSA) is 24.5 Å². The molecule has 0 aliphatic rings. The van der Waals surface area contributed by atoms with E-state index in [9.17, 15) is 0 Å². The van der Waals surface area contributed by atoms with Gasteiger partial charge in [-0.2, -0.15) is 0 Å². The summed E-state index contributed by atoms with van der Waals surface area (Å²) in [6.45, 7) is 9.48. The molecule has 0 saturated heterocycles. The molecule has 17 heavy (non-hydrogen) atoms. The first kappa shape index (κ1) is 17.2. The van der Waals surface area contributed by atoms with Crippen molar-refractivity contribution in [3.05, 3.63) is 0 Å². The summed E-state index contributed by atoms with van der Waals surface area (Å²) >= 11 is 6.96. The Labute approximate surface area is 116 Å². The highest BCUT2D eigenvalue weighted by molar-refractivity contribution is 8.22.